The van der Waals surface area contributed by atoms with E-state index in [1.165, 1.54) is 0 Å². The van der Waals surface area contributed by atoms with Gasteiger partial charge in [0.2, 0.25) is 0 Å². The molecule has 8 heavy (non-hydrogen) atoms. The van der Waals surface area contributed by atoms with Crippen LogP contribution >= 0.6 is 12.6 Å². The van der Waals surface area contributed by atoms with Crippen LogP contribution in [0.3, 0.4) is 0 Å². The Bertz CT molecular complexity index is 147. The van der Waals surface area contributed by atoms with Crippen molar-refractivity contribution in [1.29, 1.82) is 0 Å². The van der Waals surface area contributed by atoms with Gasteiger partial charge < -0.3 is 0 Å². The molecule has 0 aliphatic carbocycles. The smallest absolute Gasteiger partial charge is 0.169 e. The highest BCUT2D eigenvalue weighted by molar-refractivity contribution is 7.80. The van der Waals surface area contributed by atoms with Crippen molar-refractivity contribution in [2.75, 3.05) is 0 Å². The SMILES string of the molecule is C[n+]1ccc([S])cc1. The Morgan fingerprint density at radius 1 is 1.38 bits per heavy atom. The topological polar surface area (TPSA) is 3.88 Å². The van der Waals surface area contributed by atoms with Crippen LogP contribution < -0.4 is 4.57 Å². The quantitative estimate of drug-likeness (QED) is 0.457. The molecule has 0 amide bonds. The number of aryl methyl sites for hydroxylation is 1. The van der Waals surface area contributed by atoms with Gasteiger partial charge in [-0.2, -0.15) is 0 Å². The highest BCUT2D eigenvalue weighted by atomic mass is 32.1. The van der Waals surface area contributed by atoms with Gasteiger partial charge in [0, 0.05) is 17.0 Å². The number of hydrogen-bond donors (Lipinski definition) is 0. The van der Waals surface area contributed by atoms with Crippen LogP contribution in [0.1, 0.15) is 0 Å². The average Bonchev–Trinajstić information content (AvgIpc) is 1.77. The summed E-state index contributed by atoms with van der Waals surface area (Å²) < 4.78 is 1.95. The Hall–Kier alpha value is -0.630. The van der Waals surface area contributed by atoms with E-state index in [0.29, 0.717) is 0 Å². The maximum Gasteiger partial charge on any atom is 0.169 e. The van der Waals surface area contributed by atoms with Crippen molar-refractivity contribution in [2.45, 2.75) is 4.90 Å². The first kappa shape index (κ1) is 5.51. The molecule has 1 heterocycles. The zero-order chi connectivity index (χ0) is 5.98. The zero-order valence-electron chi connectivity index (χ0n) is 4.66. The van der Waals surface area contributed by atoms with Gasteiger partial charge in [-0.1, -0.05) is 12.6 Å². The van der Waals surface area contributed by atoms with Crippen LogP contribution in [0, 0.1) is 0 Å². The van der Waals surface area contributed by atoms with Crippen molar-refractivity contribution in [1.82, 2.24) is 0 Å². The monoisotopic (exact) mass is 125 g/mol. The van der Waals surface area contributed by atoms with Gasteiger partial charge in [0.05, 0.1) is 0 Å². The molecule has 1 radical (unpaired) electrons. The van der Waals surface area contributed by atoms with Gasteiger partial charge in [0.25, 0.3) is 0 Å². The predicted octanol–water partition coefficient (Wildman–Crippen LogP) is 1.07. The molecule has 0 spiro atoms. The fraction of sp³-hybridized carbons (Fsp3) is 0.167. The molecule has 0 bridgehead atoms. The van der Waals surface area contributed by atoms with Gasteiger partial charge in [-0.25, -0.2) is 4.57 Å². The summed E-state index contributed by atoms with van der Waals surface area (Å²) in [6.45, 7) is 0. The van der Waals surface area contributed by atoms with E-state index < -0.39 is 0 Å². The Morgan fingerprint density at radius 3 is 2.25 bits per heavy atom. The van der Waals surface area contributed by atoms with Gasteiger partial charge in [0.1, 0.15) is 7.05 Å². The van der Waals surface area contributed by atoms with E-state index >= 15 is 0 Å². The molecule has 1 aromatic heterocycles. The van der Waals surface area contributed by atoms with Crippen molar-refractivity contribution in [3.63, 3.8) is 0 Å². The third-order valence-electron chi connectivity index (χ3n) is 0.948. The molecule has 1 nitrogen and oxygen atoms in total. The summed E-state index contributed by atoms with van der Waals surface area (Å²) in [6, 6.07) is 3.80. The van der Waals surface area contributed by atoms with E-state index in [9.17, 15) is 0 Å². The number of hydrogen-bond acceptors (Lipinski definition) is 0. The van der Waals surface area contributed by atoms with Gasteiger partial charge in [-0.15, -0.1) is 0 Å². The van der Waals surface area contributed by atoms with Crippen LogP contribution in [-0.2, 0) is 7.05 Å². The minimum absolute atomic E-state index is 0.892. The molecular formula is C6H7NS+. The molecule has 0 atom stereocenters. The minimum atomic E-state index is 0.892. The molecule has 0 fully saturated rings. The van der Waals surface area contributed by atoms with Crippen molar-refractivity contribution >= 4 is 12.6 Å². The van der Waals surface area contributed by atoms with Crippen LogP contribution in [0.4, 0.5) is 0 Å². The molecule has 2 heteroatoms. The summed E-state index contributed by atoms with van der Waals surface area (Å²) >= 11 is 4.86. The summed E-state index contributed by atoms with van der Waals surface area (Å²) in [4.78, 5) is 0.892. The highest BCUT2D eigenvalue weighted by Gasteiger charge is 1.87. The number of rotatable bonds is 0. The van der Waals surface area contributed by atoms with Crippen LogP contribution in [0.25, 0.3) is 0 Å². The average molecular weight is 125 g/mol. The van der Waals surface area contributed by atoms with Gasteiger partial charge >= 0.3 is 0 Å². The highest BCUT2D eigenvalue weighted by Crippen LogP contribution is 1.97. The second kappa shape index (κ2) is 2.09. The molecule has 0 aromatic carbocycles. The van der Waals surface area contributed by atoms with E-state index in [4.69, 9.17) is 12.6 Å². The molecule has 0 aliphatic rings. The number of aromatic nitrogens is 1. The standard InChI is InChI=1S/C6H7NS/c1-7-4-2-6(8)3-5-7/h2-5H,1H3/q+1. The fourth-order valence-electron chi connectivity index (χ4n) is 0.487. The molecule has 41 valence electrons. The predicted molar refractivity (Wildman–Crippen MR) is 33.5 cm³/mol. The van der Waals surface area contributed by atoms with Crippen molar-refractivity contribution in [3.8, 4) is 0 Å². The Kier molecular flexibility index (Phi) is 1.44. The maximum absolute atomic E-state index is 4.86. The lowest BCUT2D eigenvalue weighted by Crippen LogP contribution is -2.25. The van der Waals surface area contributed by atoms with Crippen molar-refractivity contribution in [3.05, 3.63) is 24.5 Å². The van der Waals surface area contributed by atoms with Crippen LogP contribution in [-0.4, -0.2) is 0 Å². The van der Waals surface area contributed by atoms with Crippen molar-refractivity contribution in [2.24, 2.45) is 7.05 Å². The van der Waals surface area contributed by atoms with Crippen LogP contribution in [0.15, 0.2) is 29.4 Å². The van der Waals surface area contributed by atoms with Gasteiger partial charge in [-0.3, -0.25) is 0 Å². The molecule has 1 aromatic rings. The number of nitrogens with zero attached hydrogens (tertiary/aromatic N) is 1. The first-order chi connectivity index (χ1) is 3.79. The van der Waals surface area contributed by atoms with E-state index in [-0.39, 0.29) is 0 Å². The molecule has 0 N–H and O–H groups in total. The second-order valence-corrected chi connectivity index (χ2v) is 2.17. The molecule has 0 saturated carbocycles. The van der Waals surface area contributed by atoms with Crippen molar-refractivity contribution < 1.29 is 4.57 Å². The van der Waals surface area contributed by atoms with Crippen LogP contribution in [0.5, 0.6) is 0 Å². The van der Waals surface area contributed by atoms with E-state index in [2.05, 4.69) is 0 Å². The van der Waals surface area contributed by atoms with Gasteiger partial charge in [-0.05, 0) is 0 Å². The summed E-state index contributed by atoms with van der Waals surface area (Å²) in [5, 5.41) is 0. The lowest BCUT2D eigenvalue weighted by Gasteiger charge is -1.83. The van der Waals surface area contributed by atoms with Crippen LogP contribution in [0.2, 0.25) is 0 Å². The van der Waals surface area contributed by atoms with Gasteiger partial charge in [0.15, 0.2) is 12.4 Å². The molecule has 0 saturated heterocycles. The minimum Gasteiger partial charge on any atom is -0.208 e. The summed E-state index contributed by atoms with van der Waals surface area (Å²) in [5.74, 6) is 0. The lowest BCUT2D eigenvalue weighted by molar-refractivity contribution is -0.671. The largest absolute Gasteiger partial charge is 0.208 e. The summed E-state index contributed by atoms with van der Waals surface area (Å²) in [5.41, 5.74) is 0. The molecule has 0 unspecified atom stereocenters. The lowest BCUT2D eigenvalue weighted by atomic mass is 10.5. The fourth-order valence-corrected chi connectivity index (χ4v) is 0.609. The Labute approximate surface area is 54.4 Å². The number of pyridine rings is 1. The first-order valence-electron chi connectivity index (χ1n) is 2.41. The Morgan fingerprint density at radius 2 is 1.88 bits per heavy atom. The molecule has 0 aliphatic heterocycles. The second-order valence-electron chi connectivity index (χ2n) is 1.70. The third-order valence-corrected chi connectivity index (χ3v) is 1.22. The normalized spacial score (nSPS) is 9.12. The molecular weight excluding hydrogens is 118 g/mol. The summed E-state index contributed by atoms with van der Waals surface area (Å²) in [6.07, 6.45) is 3.87. The molecule has 1 rings (SSSR count). The zero-order valence-corrected chi connectivity index (χ0v) is 5.48. The Balaban J connectivity index is 3.03. The summed E-state index contributed by atoms with van der Waals surface area (Å²) in [7, 11) is 1.97. The van der Waals surface area contributed by atoms with E-state index in [1.54, 1.807) is 0 Å². The van der Waals surface area contributed by atoms with E-state index in [1.807, 2.05) is 36.1 Å². The van der Waals surface area contributed by atoms with E-state index in [0.717, 1.165) is 4.90 Å². The first-order valence-corrected chi connectivity index (χ1v) is 2.82. The maximum atomic E-state index is 4.86. The third kappa shape index (κ3) is 1.17.